The molecule has 0 radical (unpaired) electrons. The van der Waals surface area contributed by atoms with Crippen LogP contribution in [0.4, 0.5) is 0 Å². The van der Waals surface area contributed by atoms with Crippen molar-refractivity contribution >= 4 is 5.97 Å². The molecule has 0 aliphatic carbocycles. The molecule has 1 fully saturated rings. The smallest absolute Gasteiger partial charge is 0.308 e. The topological polar surface area (TPSA) is 66.6 Å². The van der Waals surface area contributed by atoms with Crippen LogP contribution in [0.15, 0.2) is 0 Å². The van der Waals surface area contributed by atoms with E-state index in [0.29, 0.717) is 6.54 Å². The van der Waals surface area contributed by atoms with Gasteiger partial charge in [-0.15, -0.1) is 0 Å². The highest BCUT2D eigenvalue weighted by atomic mass is 16.4. The van der Waals surface area contributed by atoms with Crippen molar-refractivity contribution in [2.75, 3.05) is 19.6 Å². The molecule has 0 saturated carbocycles. The summed E-state index contributed by atoms with van der Waals surface area (Å²) in [6, 6.07) is 0.170. The van der Waals surface area contributed by atoms with E-state index >= 15 is 0 Å². The molecule has 2 unspecified atom stereocenters. The van der Waals surface area contributed by atoms with E-state index in [2.05, 4.69) is 4.90 Å². The Kier molecular flexibility index (Phi) is 3.69. The van der Waals surface area contributed by atoms with Crippen molar-refractivity contribution in [2.24, 2.45) is 11.7 Å². The minimum atomic E-state index is -0.664. The van der Waals surface area contributed by atoms with E-state index in [1.165, 1.54) is 0 Å². The minimum Gasteiger partial charge on any atom is -0.481 e. The zero-order valence-corrected chi connectivity index (χ0v) is 8.07. The summed E-state index contributed by atoms with van der Waals surface area (Å²) >= 11 is 0. The van der Waals surface area contributed by atoms with Gasteiger partial charge in [-0.25, -0.2) is 0 Å². The maximum atomic E-state index is 10.8. The third kappa shape index (κ3) is 2.42. The molecule has 4 nitrogen and oxygen atoms in total. The summed E-state index contributed by atoms with van der Waals surface area (Å²) in [5, 5.41) is 8.88. The summed E-state index contributed by atoms with van der Waals surface area (Å²) in [5.74, 6) is -0.847. The minimum absolute atomic E-state index is 0.170. The number of rotatable bonds is 4. The van der Waals surface area contributed by atoms with Crippen molar-refractivity contribution in [1.82, 2.24) is 4.90 Å². The number of nitrogens with zero attached hydrogens (tertiary/aromatic N) is 1. The fourth-order valence-electron chi connectivity index (χ4n) is 1.94. The average molecular weight is 186 g/mol. The summed E-state index contributed by atoms with van der Waals surface area (Å²) in [6.07, 6.45) is 1.73. The van der Waals surface area contributed by atoms with Crippen molar-refractivity contribution in [3.63, 3.8) is 0 Å². The third-order valence-corrected chi connectivity index (χ3v) is 2.85. The van der Waals surface area contributed by atoms with Gasteiger partial charge >= 0.3 is 5.97 Å². The molecule has 1 aliphatic heterocycles. The molecule has 0 aromatic rings. The van der Waals surface area contributed by atoms with Gasteiger partial charge in [0.25, 0.3) is 0 Å². The summed E-state index contributed by atoms with van der Waals surface area (Å²) < 4.78 is 0. The lowest BCUT2D eigenvalue weighted by Crippen LogP contribution is -2.34. The third-order valence-electron chi connectivity index (χ3n) is 2.85. The second kappa shape index (κ2) is 4.58. The first-order valence-corrected chi connectivity index (χ1v) is 4.83. The Morgan fingerprint density at radius 3 is 2.85 bits per heavy atom. The van der Waals surface area contributed by atoms with Crippen molar-refractivity contribution in [1.29, 1.82) is 0 Å². The van der Waals surface area contributed by atoms with Gasteiger partial charge in [0, 0.05) is 6.04 Å². The van der Waals surface area contributed by atoms with Gasteiger partial charge in [0.1, 0.15) is 0 Å². The van der Waals surface area contributed by atoms with Gasteiger partial charge in [0.05, 0.1) is 5.92 Å². The normalized spacial score (nSPS) is 29.4. The quantitative estimate of drug-likeness (QED) is 0.655. The zero-order chi connectivity index (χ0) is 9.84. The Bertz CT molecular complexity index is 184. The fraction of sp³-hybridized carbons (Fsp3) is 0.889. The van der Waals surface area contributed by atoms with Gasteiger partial charge in [0.15, 0.2) is 0 Å². The molecular formula is C9H18N2O2. The molecule has 76 valence electrons. The Hall–Kier alpha value is -0.610. The van der Waals surface area contributed by atoms with E-state index in [4.69, 9.17) is 10.8 Å². The number of aliphatic carboxylic acids is 1. The van der Waals surface area contributed by atoms with E-state index in [1.54, 1.807) is 0 Å². The van der Waals surface area contributed by atoms with Crippen LogP contribution in [0.25, 0.3) is 0 Å². The Labute approximate surface area is 78.7 Å². The van der Waals surface area contributed by atoms with Crippen LogP contribution in [0.5, 0.6) is 0 Å². The zero-order valence-electron chi connectivity index (χ0n) is 8.07. The standard InChI is InChI=1S/C9H18N2O2/c1-7-8(9(12)13)3-6-11(7)5-2-4-10/h7-8H,2-6,10H2,1H3,(H,12,13). The fourth-order valence-corrected chi connectivity index (χ4v) is 1.94. The molecule has 0 aromatic heterocycles. The van der Waals surface area contributed by atoms with Crippen LogP contribution >= 0.6 is 0 Å². The monoisotopic (exact) mass is 186 g/mol. The summed E-state index contributed by atoms with van der Waals surface area (Å²) in [7, 11) is 0. The highest BCUT2D eigenvalue weighted by Gasteiger charge is 2.34. The van der Waals surface area contributed by atoms with Crippen LogP contribution in [0.2, 0.25) is 0 Å². The lowest BCUT2D eigenvalue weighted by molar-refractivity contribution is -0.142. The summed E-state index contributed by atoms with van der Waals surface area (Å²) in [4.78, 5) is 13.0. The van der Waals surface area contributed by atoms with E-state index in [1.807, 2.05) is 6.92 Å². The molecule has 2 atom stereocenters. The molecule has 13 heavy (non-hydrogen) atoms. The first-order valence-electron chi connectivity index (χ1n) is 4.83. The van der Waals surface area contributed by atoms with Crippen molar-refractivity contribution in [3.8, 4) is 0 Å². The van der Waals surface area contributed by atoms with E-state index < -0.39 is 5.97 Å². The lowest BCUT2D eigenvalue weighted by atomic mass is 10.0. The molecule has 0 aromatic carbocycles. The maximum Gasteiger partial charge on any atom is 0.308 e. The summed E-state index contributed by atoms with van der Waals surface area (Å²) in [5.41, 5.74) is 5.40. The van der Waals surface area contributed by atoms with Crippen LogP contribution in [-0.2, 0) is 4.79 Å². The van der Waals surface area contributed by atoms with Crippen LogP contribution in [0.1, 0.15) is 19.8 Å². The van der Waals surface area contributed by atoms with Gasteiger partial charge in [0.2, 0.25) is 0 Å². The van der Waals surface area contributed by atoms with Crippen molar-refractivity contribution in [2.45, 2.75) is 25.8 Å². The predicted octanol–water partition coefficient (Wildman–Crippen LogP) is 0.130. The number of hydrogen-bond donors (Lipinski definition) is 2. The van der Waals surface area contributed by atoms with E-state index in [9.17, 15) is 4.79 Å². The van der Waals surface area contributed by atoms with Crippen molar-refractivity contribution in [3.05, 3.63) is 0 Å². The second-order valence-corrected chi connectivity index (χ2v) is 3.65. The first kappa shape index (κ1) is 10.5. The van der Waals surface area contributed by atoms with Gasteiger partial charge in [-0.3, -0.25) is 9.69 Å². The highest BCUT2D eigenvalue weighted by molar-refractivity contribution is 5.71. The lowest BCUT2D eigenvalue weighted by Gasteiger charge is -2.22. The van der Waals surface area contributed by atoms with Gasteiger partial charge in [-0.05, 0) is 39.4 Å². The predicted molar refractivity (Wildman–Crippen MR) is 50.4 cm³/mol. The molecule has 0 bridgehead atoms. The Balaban J connectivity index is 2.40. The summed E-state index contributed by atoms with van der Waals surface area (Å²) in [6.45, 7) is 4.50. The molecule has 0 amide bonds. The largest absolute Gasteiger partial charge is 0.481 e. The number of nitrogens with two attached hydrogens (primary N) is 1. The maximum absolute atomic E-state index is 10.8. The van der Waals surface area contributed by atoms with Gasteiger partial charge < -0.3 is 10.8 Å². The molecule has 4 heteroatoms. The number of carboxylic acid groups (broad SMARTS) is 1. The molecule has 1 heterocycles. The number of carboxylic acids is 1. The average Bonchev–Trinajstić information content (AvgIpc) is 2.43. The molecule has 0 spiro atoms. The van der Waals surface area contributed by atoms with Crippen LogP contribution < -0.4 is 5.73 Å². The molecule has 1 aliphatic rings. The Morgan fingerprint density at radius 2 is 2.38 bits per heavy atom. The first-order chi connectivity index (χ1) is 6.16. The van der Waals surface area contributed by atoms with Gasteiger partial charge in [-0.2, -0.15) is 0 Å². The van der Waals surface area contributed by atoms with Crippen LogP contribution in [-0.4, -0.2) is 41.7 Å². The SMILES string of the molecule is CC1C(C(=O)O)CCN1CCCN. The molecule has 1 rings (SSSR count). The Morgan fingerprint density at radius 1 is 1.69 bits per heavy atom. The van der Waals surface area contributed by atoms with Crippen LogP contribution in [0, 0.1) is 5.92 Å². The molecular weight excluding hydrogens is 168 g/mol. The molecule has 1 saturated heterocycles. The van der Waals surface area contributed by atoms with Crippen molar-refractivity contribution < 1.29 is 9.90 Å². The second-order valence-electron chi connectivity index (χ2n) is 3.65. The van der Waals surface area contributed by atoms with Gasteiger partial charge in [-0.1, -0.05) is 0 Å². The van der Waals surface area contributed by atoms with E-state index in [-0.39, 0.29) is 12.0 Å². The van der Waals surface area contributed by atoms with E-state index in [0.717, 1.165) is 25.9 Å². The number of likely N-dealkylation sites (tertiary alicyclic amines) is 1. The van der Waals surface area contributed by atoms with Crippen LogP contribution in [0.3, 0.4) is 0 Å². The molecule has 3 N–H and O–H groups in total. The highest BCUT2D eigenvalue weighted by Crippen LogP contribution is 2.23. The number of hydrogen-bond acceptors (Lipinski definition) is 3. The number of carbonyl (C=O) groups is 1.